The van der Waals surface area contributed by atoms with Gasteiger partial charge in [-0.05, 0) is 130 Å². The maximum Gasteiger partial charge on any atom is 0.324 e. The van der Waals surface area contributed by atoms with E-state index in [-0.39, 0.29) is 63.0 Å². The predicted molar refractivity (Wildman–Crippen MR) is 171 cm³/mol. The molecule has 6 aliphatic rings. The van der Waals surface area contributed by atoms with Crippen molar-refractivity contribution in [1.29, 1.82) is 0 Å². The molecule has 2 spiro atoms. The molecule has 8 heteroatoms. The summed E-state index contributed by atoms with van der Waals surface area (Å²) in [7, 11) is 0. The average molecular weight is 638 g/mol. The van der Waals surface area contributed by atoms with E-state index in [0.29, 0.717) is 5.92 Å². The molecule has 6 fully saturated rings. The summed E-state index contributed by atoms with van der Waals surface area (Å²) in [4.78, 5) is 15.9. The number of hydrogen-bond acceptors (Lipinski definition) is 7. The van der Waals surface area contributed by atoms with Gasteiger partial charge in [-0.2, -0.15) is 0 Å². The first kappa shape index (κ1) is 33.5. The second-order valence-corrected chi connectivity index (χ2v) is 18.5. The molecule has 0 radical (unpaired) electrons. The lowest BCUT2D eigenvalue weighted by Crippen LogP contribution is -2.62. The Hall–Kier alpha value is -0.440. The molecule has 252 valence electrons. The topological polar surface area (TPSA) is 108 Å². The Morgan fingerprint density at radius 2 is 1.68 bits per heavy atom. The van der Waals surface area contributed by atoms with Crippen LogP contribution in [0.4, 0.5) is 0 Å². The monoisotopic (exact) mass is 637 g/mol. The fourth-order valence-corrected chi connectivity index (χ4v) is 13.5. The van der Waals surface area contributed by atoms with E-state index in [4.69, 9.17) is 21.3 Å². The van der Waals surface area contributed by atoms with Crippen LogP contribution in [0, 0.1) is 50.7 Å². The van der Waals surface area contributed by atoms with Gasteiger partial charge in [-0.15, -0.1) is 0 Å². The average Bonchev–Trinajstić information content (AvgIpc) is 3.27. The van der Waals surface area contributed by atoms with Gasteiger partial charge in [0.05, 0.1) is 29.5 Å². The van der Waals surface area contributed by atoms with Crippen molar-refractivity contribution in [2.75, 3.05) is 0 Å². The zero-order valence-electron chi connectivity index (χ0n) is 28.7. The molecule has 0 aromatic carbocycles. The number of carbonyl (C=O) groups is 1. The minimum Gasteiger partial charge on any atom is -0.461 e. The van der Waals surface area contributed by atoms with E-state index in [1.165, 1.54) is 0 Å². The van der Waals surface area contributed by atoms with Gasteiger partial charge < -0.3 is 24.8 Å². The molecule has 3 unspecified atom stereocenters. The van der Waals surface area contributed by atoms with Crippen LogP contribution in [-0.2, 0) is 14.3 Å². The normalized spacial score (nSPS) is 52.2. The summed E-state index contributed by atoms with van der Waals surface area (Å²) < 4.78 is 13.0. The lowest BCUT2D eigenvalue weighted by atomic mass is 9.41. The number of rotatable bonds is 7. The molecule has 0 bridgehead atoms. The maximum absolute atomic E-state index is 13.3. The highest BCUT2D eigenvalue weighted by Gasteiger charge is 2.85. The lowest BCUT2D eigenvalue weighted by Gasteiger charge is -2.64. The minimum atomic E-state index is -0.916. The number of halogens is 1. The first-order valence-electron chi connectivity index (χ1n) is 17.6. The van der Waals surface area contributed by atoms with Gasteiger partial charge in [-0.3, -0.25) is 4.79 Å². The highest BCUT2D eigenvalue weighted by Crippen LogP contribution is 2.89. The molecule has 5 saturated carbocycles. The third kappa shape index (κ3) is 4.27. The summed E-state index contributed by atoms with van der Waals surface area (Å²) in [6.45, 7) is 19.1. The Morgan fingerprint density at radius 1 is 1.00 bits per heavy atom. The van der Waals surface area contributed by atoms with Crippen LogP contribution in [0.1, 0.15) is 127 Å². The van der Waals surface area contributed by atoms with Gasteiger partial charge in [-0.1, -0.05) is 48.0 Å². The minimum absolute atomic E-state index is 0.0187. The molecule has 44 heavy (non-hydrogen) atoms. The van der Waals surface area contributed by atoms with E-state index in [2.05, 4.69) is 39.5 Å². The van der Waals surface area contributed by atoms with Gasteiger partial charge in [0, 0.05) is 11.3 Å². The molecule has 0 aromatic rings. The Labute approximate surface area is 270 Å². The Kier molecular flexibility index (Phi) is 7.82. The van der Waals surface area contributed by atoms with Crippen LogP contribution >= 0.6 is 11.8 Å². The fraction of sp³-hybridized carbons (Fsp3) is 0.972. The molecule has 6 rings (SSSR count). The van der Waals surface area contributed by atoms with Crippen molar-refractivity contribution in [3.8, 4) is 0 Å². The van der Waals surface area contributed by atoms with E-state index in [9.17, 15) is 20.1 Å². The summed E-state index contributed by atoms with van der Waals surface area (Å²) in [6, 6.07) is -0.552. The zero-order valence-corrected chi connectivity index (χ0v) is 29.5. The van der Waals surface area contributed by atoms with E-state index in [1.807, 2.05) is 27.7 Å². The van der Waals surface area contributed by atoms with E-state index in [1.54, 1.807) is 0 Å². The van der Waals surface area contributed by atoms with Crippen LogP contribution < -0.4 is 4.84 Å². The Morgan fingerprint density at radius 3 is 2.27 bits per heavy atom. The highest BCUT2D eigenvalue weighted by molar-refractivity contribution is 6.14. The summed E-state index contributed by atoms with van der Waals surface area (Å²) in [5.41, 5.74) is -1.86. The molecule has 0 aromatic heterocycles. The summed E-state index contributed by atoms with van der Waals surface area (Å²) in [6.07, 6.45) is 7.47. The van der Waals surface area contributed by atoms with E-state index in [0.717, 1.165) is 64.2 Å². The van der Waals surface area contributed by atoms with Crippen LogP contribution in [0.15, 0.2) is 0 Å². The zero-order chi connectivity index (χ0) is 32.5. The summed E-state index contributed by atoms with van der Waals surface area (Å²) in [5.74, 6) is 0.127. The van der Waals surface area contributed by atoms with Crippen LogP contribution in [0.2, 0.25) is 0 Å². The van der Waals surface area contributed by atoms with Gasteiger partial charge in [0.25, 0.3) is 0 Å². The second kappa shape index (κ2) is 10.3. The quantitative estimate of drug-likeness (QED) is 0.196. The number of ether oxygens (including phenoxy) is 2. The molecule has 0 amide bonds. The van der Waals surface area contributed by atoms with Crippen molar-refractivity contribution in [2.45, 2.75) is 168 Å². The van der Waals surface area contributed by atoms with E-state index < -0.39 is 29.5 Å². The molecule has 7 nitrogen and oxygen atoms in total. The van der Waals surface area contributed by atoms with Crippen LogP contribution in [0.3, 0.4) is 0 Å². The second-order valence-electron chi connectivity index (χ2n) is 18.3. The van der Waals surface area contributed by atoms with Crippen molar-refractivity contribution < 1.29 is 29.6 Å². The van der Waals surface area contributed by atoms with Crippen LogP contribution in [0.25, 0.3) is 0 Å². The summed E-state index contributed by atoms with van der Waals surface area (Å²) in [5, 5.41) is 34.8. The van der Waals surface area contributed by atoms with Crippen molar-refractivity contribution in [3.63, 3.8) is 0 Å². The largest absolute Gasteiger partial charge is 0.461 e. The number of nitrogens with one attached hydrogen (secondary N) is 1. The van der Waals surface area contributed by atoms with Gasteiger partial charge in [0.2, 0.25) is 0 Å². The Bertz CT molecular complexity index is 1160. The summed E-state index contributed by atoms with van der Waals surface area (Å²) >= 11 is 6.00. The number of aliphatic hydroxyl groups excluding tert-OH is 2. The number of esters is 1. The van der Waals surface area contributed by atoms with Gasteiger partial charge in [0.15, 0.2) is 0 Å². The van der Waals surface area contributed by atoms with E-state index >= 15 is 0 Å². The molecule has 5 aliphatic carbocycles. The SMILES string of the molecule is CCC(C)[C@H](NCl)C(=O)O[C@H]1CC[C@]23CC24CC[C@]2(C)[C@@H]([C@@]5(C)CC[C@@H](C(C)(C)O)O5)[C@@H](O)C[C@@]2(C)C4C[C@H](O)[C@H]3C1(C)C. The van der Waals surface area contributed by atoms with Crippen LogP contribution in [0.5, 0.6) is 0 Å². The smallest absolute Gasteiger partial charge is 0.324 e. The first-order valence-corrected chi connectivity index (χ1v) is 18.0. The fourth-order valence-electron chi connectivity index (χ4n) is 13.2. The van der Waals surface area contributed by atoms with Gasteiger partial charge in [-0.25, -0.2) is 4.84 Å². The first-order chi connectivity index (χ1) is 20.3. The van der Waals surface area contributed by atoms with Crippen LogP contribution in [-0.4, -0.2) is 62.9 Å². The van der Waals surface area contributed by atoms with Crippen molar-refractivity contribution in [1.82, 2.24) is 4.84 Å². The predicted octanol–water partition coefficient (Wildman–Crippen LogP) is 6.15. The standard InChI is InChI=1S/C36H60ClNO6/c1-10-20(2)26(38-37)29(41)43-24-12-14-36-19-35(36)16-15-32(7)28(34(9)13-11-25(44-34)31(5,6)42)22(40)18-33(32,8)23(35)17-21(39)27(36)30(24,3)4/h20-28,38-40,42H,10-19H2,1-9H3/t20?,21-,22-,23?,24-,25-,26-,27-,28-,32+,33-,34+,35?,36+/m0/s1. The molecule has 14 atom stereocenters. The molecule has 1 heterocycles. The third-order valence-corrected chi connectivity index (χ3v) is 15.8. The van der Waals surface area contributed by atoms with Gasteiger partial charge >= 0.3 is 5.97 Å². The number of carbonyl (C=O) groups excluding carboxylic acids is 1. The molecule has 4 N–H and O–H groups in total. The van der Waals surface area contributed by atoms with Crippen molar-refractivity contribution in [3.05, 3.63) is 0 Å². The lowest BCUT2D eigenvalue weighted by molar-refractivity contribution is -0.218. The van der Waals surface area contributed by atoms with Crippen molar-refractivity contribution in [2.24, 2.45) is 50.7 Å². The molecular formula is C36H60ClNO6. The number of hydrogen-bond donors (Lipinski definition) is 4. The molecule has 1 aliphatic heterocycles. The highest BCUT2D eigenvalue weighted by atomic mass is 35.5. The molecular weight excluding hydrogens is 578 g/mol. The Balaban J connectivity index is 1.27. The molecule has 1 saturated heterocycles. The number of fused-ring (bicyclic) bond motifs is 2. The van der Waals surface area contributed by atoms with Crippen molar-refractivity contribution >= 4 is 17.7 Å². The number of aliphatic hydroxyl groups is 3. The third-order valence-electron chi connectivity index (χ3n) is 15.6. The van der Waals surface area contributed by atoms with Gasteiger partial charge in [0.1, 0.15) is 12.1 Å². The maximum atomic E-state index is 13.3.